The minimum atomic E-state index is -0.494. The molecule has 0 aliphatic heterocycles. The zero-order chi connectivity index (χ0) is 13.1. The third-order valence-electron chi connectivity index (χ3n) is 2.41. The van der Waals surface area contributed by atoms with Crippen LogP contribution in [0.4, 0.5) is 10.1 Å². The van der Waals surface area contributed by atoms with Gasteiger partial charge in [-0.3, -0.25) is 4.79 Å². The van der Waals surface area contributed by atoms with Crippen LogP contribution >= 0.6 is 0 Å². The summed E-state index contributed by atoms with van der Waals surface area (Å²) in [5.74, 6) is -0.545. The van der Waals surface area contributed by atoms with Crippen LogP contribution in [0.2, 0.25) is 0 Å². The summed E-state index contributed by atoms with van der Waals surface area (Å²) < 4.78 is 19.7. The van der Waals surface area contributed by atoms with Gasteiger partial charge in [-0.1, -0.05) is 0 Å². The van der Waals surface area contributed by atoms with Crippen LogP contribution in [0.25, 0.3) is 0 Å². The minimum Gasteiger partial charge on any atom is -0.432 e. The van der Waals surface area contributed by atoms with Gasteiger partial charge in [0, 0.05) is 25.0 Å². The number of benzene rings is 1. The molecule has 0 radical (unpaired) electrons. The van der Waals surface area contributed by atoms with Crippen molar-refractivity contribution in [3.05, 3.63) is 46.8 Å². The smallest absolute Gasteiger partial charge is 0.313 e. The number of aryl methyl sites for hydroxylation is 1. The van der Waals surface area contributed by atoms with Crippen LogP contribution < -0.4 is 16.0 Å². The molecule has 2 rings (SSSR count). The Balaban J connectivity index is 2.40. The Morgan fingerprint density at radius 2 is 2.28 bits per heavy atom. The number of hydrogen-bond donors (Lipinski definition) is 1. The normalized spacial score (nSPS) is 10.3. The average Bonchev–Trinajstić information content (AvgIpc) is 2.36. The van der Waals surface area contributed by atoms with Gasteiger partial charge in [-0.25, -0.2) is 9.37 Å². The Morgan fingerprint density at radius 1 is 1.50 bits per heavy atom. The molecule has 1 aromatic heterocycles. The van der Waals surface area contributed by atoms with Gasteiger partial charge < -0.3 is 15.0 Å². The van der Waals surface area contributed by atoms with E-state index in [9.17, 15) is 9.18 Å². The van der Waals surface area contributed by atoms with Crippen molar-refractivity contribution >= 4 is 5.69 Å². The number of hydrogen-bond acceptors (Lipinski definition) is 4. The van der Waals surface area contributed by atoms with Crippen molar-refractivity contribution in [1.82, 2.24) is 9.55 Å². The van der Waals surface area contributed by atoms with Gasteiger partial charge in [0.1, 0.15) is 5.82 Å². The van der Waals surface area contributed by atoms with E-state index in [0.29, 0.717) is 6.54 Å². The number of halogens is 1. The lowest BCUT2D eigenvalue weighted by molar-refractivity contribution is 0.444. The maximum absolute atomic E-state index is 13.1. The molecule has 0 atom stereocenters. The molecule has 18 heavy (non-hydrogen) atoms. The number of nitrogens with two attached hydrogens (primary N) is 1. The van der Waals surface area contributed by atoms with E-state index in [0.717, 1.165) is 6.07 Å². The van der Waals surface area contributed by atoms with Gasteiger partial charge in [0.15, 0.2) is 5.75 Å². The number of anilines is 1. The fraction of sp³-hybridized carbons (Fsp3) is 0.167. The highest BCUT2D eigenvalue weighted by molar-refractivity contribution is 5.53. The third kappa shape index (κ3) is 2.32. The lowest BCUT2D eigenvalue weighted by Gasteiger charge is -2.08. The van der Waals surface area contributed by atoms with Crippen molar-refractivity contribution in [2.24, 2.45) is 0 Å². The van der Waals surface area contributed by atoms with Crippen LogP contribution in [-0.4, -0.2) is 9.55 Å². The molecule has 6 heteroatoms. The molecule has 94 valence electrons. The molecule has 0 aliphatic carbocycles. The van der Waals surface area contributed by atoms with E-state index in [-0.39, 0.29) is 22.9 Å². The topological polar surface area (TPSA) is 70.1 Å². The summed E-state index contributed by atoms with van der Waals surface area (Å²) >= 11 is 0. The average molecular weight is 249 g/mol. The predicted octanol–water partition coefficient (Wildman–Crippen LogP) is 1.78. The number of nitrogen functional groups attached to an aromatic ring is 1. The molecular formula is C12H12FN3O2. The minimum absolute atomic E-state index is 0.0773. The molecule has 0 aliphatic rings. The lowest BCUT2D eigenvalue weighted by atomic mass is 10.3. The highest BCUT2D eigenvalue weighted by Gasteiger charge is 2.09. The predicted molar refractivity (Wildman–Crippen MR) is 65.1 cm³/mol. The van der Waals surface area contributed by atoms with Crippen molar-refractivity contribution in [2.45, 2.75) is 13.5 Å². The standard InChI is InChI=1S/C12H12FN3O2/c1-2-16-6-5-15-11(12(16)17)18-10-7-8(13)3-4-9(10)14/h3-7H,2,14H2,1H3. The summed E-state index contributed by atoms with van der Waals surface area (Å²) in [7, 11) is 0. The second kappa shape index (κ2) is 4.87. The van der Waals surface area contributed by atoms with Crippen molar-refractivity contribution in [2.75, 3.05) is 5.73 Å². The van der Waals surface area contributed by atoms with E-state index < -0.39 is 5.82 Å². The number of nitrogens with zero attached hydrogens (tertiary/aromatic N) is 2. The number of rotatable bonds is 3. The van der Waals surface area contributed by atoms with Crippen LogP contribution in [0.3, 0.4) is 0 Å². The maximum atomic E-state index is 13.1. The largest absolute Gasteiger partial charge is 0.432 e. The fourth-order valence-corrected chi connectivity index (χ4v) is 1.45. The van der Waals surface area contributed by atoms with E-state index in [1.165, 1.54) is 22.9 Å². The summed E-state index contributed by atoms with van der Waals surface area (Å²) in [6.07, 6.45) is 2.99. The molecule has 2 aromatic rings. The van der Waals surface area contributed by atoms with Gasteiger partial charge in [0.2, 0.25) is 0 Å². The van der Waals surface area contributed by atoms with E-state index in [2.05, 4.69) is 4.98 Å². The first kappa shape index (κ1) is 12.1. The molecule has 0 unspecified atom stereocenters. The summed E-state index contributed by atoms with van der Waals surface area (Å²) in [4.78, 5) is 15.7. The van der Waals surface area contributed by atoms with Crippen LogP contribution in [0.5, 0.6) is 11.6 Å². The van der Waals surface area contributed by atoms with Crippen molar-refractivity contribution < 1.29 is 9.13 Å². The molecule has 5 nitrogen and oxygen atoms in total. The first-order chi connectivity index (χ1) is 8.61. The first-order valence-electron chi connectivity index (χ1n) is 5.40. The van der Waals surface area contributed by atoms with E-state index in [1.807, 2.05) is 6.92 Å². The fourth-order valence-electron chi connectivity index (χ4n) is 1.45. The van der Waals surface area contributed by atoms with Gasteiger partial charge in [-0.2, -0.15) is 0 Å². The zero-order valence-electron chi connectivity index (χ0n) is 9.76. The lowest BCUT2D eigenvalue weighted by Crippen LogP contribution is -2.20. The quantitative estimate of drug-likeness (QED) is 0.842. The molecular weight excluding hydrogens is 237 g/mol. The molecule has 0 saturated heterocycles. The van der Waals surface area contributed by atoms with Gasteiger partial charge in [-0.15, -0.1) is 0 Å². The Labute approximate surface area is 103 Å². The Morgan fingerprint density at radius 3 is 3.00 bits per heavy atom. The van der Waals surface area contributed by atoms with Crippen molar-refractivity contribution in [3.8, 4) is 11.6 Å². The highest BCUT2D eigenvalue weighted by atomic mass is 19.1. The summed E-state index contributed by atoms with van der Waals surface area (Å²) in [5, 5.41) is 0. The van der Waals surface area contributed by atoms with Crippen LogP contribution in [0.15, 0.2) is 35.4 Å². The molecule has 1 aromatic carbocycles. The van der Waals surface area contributed by atoms with Gasteiger partial charge in [0.05, 0.1) is 5.69 Å². The molecule has 0 saturated carbocycles. The third-order valence-corrected chi connectivity index (χ3v) is 2.41. The Kier molecular flexibility index (Phi) is 3.27. The number of ether oxygens (including phenoxy) is 1. The van der Waals surface area contributed by atoms with Crippen LogP contribution in [-0.2, 0) is 6.54 Å². The number of aromatic nitrogens is 2. The Bertz CT molecular complexity index is 625. The highest BCUT2D eigenvalue weighted by Crippen LogP contribution is 2.25. The molecule has 0 spiro atoms. The molecule has 0 amide bonds. The van der Waals surface area contributed by atoms with Crippen molar-refractivity contribution in [3.63, 3.8) is 0 Å². The monoisotopic (exact) mass is 249 g/mol. The van der Waals surface area contributed by atoms with Gasteiger partial charge in [0.25, 0.3) is 5.88 Å². The zero-order valence-corrected chi connectivity index (χ0v) is 9.76. The van der Waals surface area contributed by atoms with Crippen LogP contribution in [0.1, 0.15) is 6.92 Å². The second-order valence-corrected chi connectivity index (χ2v) is 3.61. The van der Waals surface area contributed by atoms with Crippen molar-refractivity contribution in [1.29, 1.82) is 0 Å². The van der Waals surface area contributed by atoms with E-state index in [4.69, 9.17) is 10.5 Å². The summed E-state index contributed by atoms with van der Waals surface area (Å²) in [6.45, 7) is 2.32. The second-order valence-electron chi connectivity index (χ2n) is 3.61. The van der Waals surface area contributed by atoms with Gasteiger partial charge >= 0.3 is 5.56 Å². The molecule has 0 bridgehead atoms. The SMILES string of the molecule is CCn1ccnc(Oc2cc(F)ccc2N)c1=O. The van der Waals surface area contributed by atoms with Crippen LogP contribution in [0, 0.1) is 5.82 Å². The Hall–Kier alpha value is -2.37. The summed E-state index contributed by atoms with van der Waals surface area (Å²) in [5.41, 5.74) is 5.48. The molecule has 0 fully saturated rings. The molecule has 2 N–H and O–H groups in total. The first-order valence-corrected chi connectivity index (χ1v) is 5.40. The summed E-state index contributed by atoms with van der Waals surface area (Å²) in [6, 6.07) is 3.69. The maximum Gasteiger partial charge on any atom is 0.313 e. The van der Waals surface area contributed by atoms with Gasteiger partial charge in [-0.05, 0) is 19.1 Å². The molecule has 1 heterocycles. The van der Waals surface area contributed by atoms with E-state index in [1.54, 1.807) is 6.20 Å². The van der Waals surface area contributed by atoms with E-state index >= 15 is 0 Å².